The highest BCUT2D eigenvalue weighted by Crippen LogP contribution is 2.30. The molecular weight excluding hydrogens is 252 g/mol. The lowest BCUT2D eigenvalue weighted by atomic mass is 10.2. The van der Waals surface area contributed by atoms with E-state index < -0.39 is 0 Å². The molecule has 0 aliphatic rings. The van der Waals surface area contributed by atoms with Crippen LogP contribution >= 0.6 is 23.4 Å². The van der Waals surface area contributed by atoms with Gasteiger partial charge in [0.05, 0.1) is 10.6 Å². The number of nitrogen functional groups attached to an aromatic ring is 1. The van der Waals surface area contributed by atoms with Gasteiger partial charge in [0, 0.05) is 15.5 Å². The molecule has 0 aliphatic heterocycles. The fourth-order valence-electron chi connectivity index (χ4n) is 1.32. The molecule has 2 aromatic rings. The van der Waals surface area contributed by atoms with Crippen LogP contribution in [0.1, 0.15) is 5.56 Å². The normalized spacial score (nSPS) is 9.88. The van der Waals surface area contributed by atoms with Gasteiger partial charge in [0.25, 0.3) is 0 Å². The Kier molecular flexibility index (Phi) is 3.58. The second kappa shape index (κ2) is 5.13. The summed E-state index contributed by atoms with van der Waals surface area (Å²) < 4.78 is 0. The van der Waals surface area contributed by atoms with E-state index in [0.29, 0.717) is 10.6 Å². The van der Waals surface area contributed by atoms with Crippen molar-refractivity contribution >= 4 is 29.1 Å². The number of nitrogens with two attached hydrogens (primary N) is 1. The predicted octanol–water partition coefficient (Wildman–Crippen LogP) is 3.95. The molecule has 0 saturated carbocycles. The Morgan fingerprint density at radius 3 is 2.29 bits per heavy atom. The van der Waals surface area contributed by atoms with Crippen LogP contribution in [0.15, 0.2) is 52.3 Å². The van der Waals surface area contributed by atoms with Crippen LogP contribution in [0, 0.1) is 11.3 Å². The molecule has 0 amide bonds. The van der Waals surface area contributed by atoms with E-state index in [1.807, 2.05) is 36.4 Å². The number of halogens is 1. The fraction of sp³-hybridized carbons (Fsp3) is 0. The molecule has 0 radical (unpaired) electrons. The van der Waals surface area contributed by atoms with Crippen molar-refractivity contribution in [1.82, 2.24) is 0 Å². The standard InChI is InChI=1S/C13H9ClN2S/c14-13-7-12(4-1-9(13)8-15)17-11-5-2-10(16)3-6-11/h1-7H,16H2. The van der Waals surface area contributed by atoms with Gasteiger partial charge in [-0.2, -0.15) is 5.26 Å². The summed E-state index contributed by atoms with van der Waals surface area (Å²) in [6, 6.07) is 15.0. The molecule has 17 heavy (non-hydrogen) atoms. The Hall–Kier alpha value is -1.63. The van der Waals surface area contributed by atoms with E-state index >= 15 is 0 Å². The average molecular weight is 261 g/mol. The Morgan fingerprint density at radius 2 is 1.71 bits per heavy atom. The lowest BCUT2D eigenvalue weighted by Gasteiger charge is -2.03. The van der Waals surface area contributed by atoms with Crippen LogP contribution < -0.4 is 5.73 Å². The Balaban J connectivity index is 2.22. The monoisotopic (exact) mass is 260 g/mol. The molecular formula is C13H9ClN2S. The third kappa shape index (κ3) is 2.94. The maximum Gasteiger partial charge on any atom is 0.101 e. The van der Waals surface area contributed by atoms with Gasteiger partial charge in [-0.25, -0.2) is 0 Å². The zero-order valence-corrected chi connectivity index (χ0v) is 10.4. The van der Waals surface area contributed by atoms with Crippen molar-refractivity contribution < 1.29 is 0 Å². The van der Waals surface area contributed by atoms with Crippen LogP contribution in [-0.2, 0) is 0 Å². The molecule has 2 aromatic carbocycles. The lowest BCUT2D eigenvalue weighted by molar-refractivity contribution is 1.39. The zero-order valence-electron chi connectivity index (χ0n) is 8.85. The second-order valence-corrected chi connectivity index (χ2v) is 4.98. The van der Waals surface area contributed by atoms with Gasteiger partial charge in [0.15, 0.2) is 0 Å². The maximum atomic E-state index is 8.77. The Bertz CT molecular complexity index is 573. The first-order chi connectivity index (χ1) is 8.19. The number of benzene rings is 2. The zero-order chi connectivity index (χ0) is 12.3. The number of hydrogen-bond acceptors (Lipinski definition) is 3. The average Bonchev–Trinajstić information content (AvgIpc) is 2.32. The highest BCUT2D eigenvalue weighted by Gasteiger charge is 2.02. The lowest BCUT2D eigenvalue weighted by Crippen LogP contribution is -1.83. The minimum absolute atomic E-state index is 0.480. The van der Waals surface area contributed by atoms with E-state index in [9.17, 15) is 0 Å². The summed E-state index contributed by atoms with van der Waals surface area (Å²) in [5.74, 6) is 0. The first-order valence-corrected chi connectivity index (χ1v) is 6.11. The third-order valence-corrected chi connectivity index (χ3v) is 3.49. The van der Waals surface area contributed by atoms with Crippen molar-refractivity contribution in [3.63, 3.8) is 0 Å². The topological polar surface area (TPSA) is 49.8 Å². The van der Waals surface area contributed by atoms with Gasteiger partial charge < -0.3 is 5.73 Å². The fourth-order valence-corrected chi connectivity index (χ4v) is 2.47. The van der Waals surface area contributed by atoms with E-state index in [-0.39, 0.29) is 0 Å². The number of nitriles is 1. The van der Waals surface area contributed by atoms with Crippen LogP contribution in [0.3, 0.4) is 0 Å². The van der Waals surface area contributed by atoms with Crippen molar-refractivity contribution in [2.75, 3.05) is 5.73 Å². The van der Waals surface area contributed by atoms with Gasteiger partial charge in [0.2, 0.25) is 0 Å². The predicted molar refractivity (Wildman–Crippen MR) is 71.1 cm³/mol. The maximum absolute atomic E-state index is 8.77. The second-order valence-electron chi connectivity index (χ2n) is 3.42. The van der Waals surface area contributed by atoms with Crippen LogP contribution in [-0.4, -0.2) is 0 Å². The van der Waals surface area contributed by atoms with Gasteiger partial charge in [-0.15, -0.1) is 0 Å². The van der Waals surface area contributed by atoms with E-state index in [1.54, 1.807) is 23.9 Å². The molecule has 0 spiro atoms. The largest absolute Gasteiger partial charge is 0.399 e. The number of anilines is 1. The third-order valence-electron chi connectivity index (χ3n) is 2.18. The van der Waals surface area contributed by atoms with Crippen molar-refractivity contribution in [2.45, 2.75) is 9.79 Å². The highest BCUT2D eigenvalue weighted by atomic mass is 35.5. The van der Waals surface area contributed by atoms with Crippen molar-refractivity contribution in [2.24, 2.45) is 0 Å². The van der Waals surface area contributed by atoms with Crippen LogP contribution in [0.4, 0.5) is 5.69 Å². The van der Waals surface area contributed by atoms with Gasteiger partial charge in [-0.3, -0.25) is 0 Å². The van der Waals surface area contributed by atoms with Crippen molar-refractivity contribution in [3.8, 4) is 6.07 Å². The van der Waals surface area contributed by atoms with Crippen molar-refractivity contribution in [1.29, 1.82) is 5.26 Å². The Morgan fingerprint density at radius 1 is 1.06 bits per heavy atom. The summed E-state index contributed by atoms with van der Waals surface area (Å²) in [5, 5.41) is 9.25. The molecule has 0 aromatic heterocycles. The molecule has 0 unspecified atom stereocenters. The molecule has 2 nitrogen and oxygen atoms in total. The number of hydrogen-bond donors (Lipinski definition) is 1. The molecule has 84 valence electrons. The summed E-state index contributed by atoms with van der Waals surface area (Å²) in [4.78, 5) is 2.08. The molecule has 0 aliphatic carbocycles. The molecule has 4 heteroatoms. The van der Waals surface area contributed by atoms with Crippen molar-refractivity contribution in [3.05, 3.63) is 53.1 Å². The van der Waals surface area contributed by atoms with Gasteiger partial charge in [0.1, 0.15) is 6.07 Å². The minimum atomic E-state index is 0.480. The van der Waals surface area contributed by atoms with Crippen LogP contribution in [0.25, 0.3) is 0 Å². The first-order valence-electron chi connectivity index (χ1n) is 4.92. The van der Waals surface area contributed by atoms with E-state index in [2.05, 4.69) is 0 Å². The number of nitrogens with zero attached hydrogens (tertiary/aromatic N) is 1. The Labute approximate surface area is 109 Å². The molecule has 2 rings (SSSR count). The summed E-state index contributed by atoms with van der Waals surface area (Å²) in [7, 11) is 0. The molecule has 2 N–H and O–H groups in total. The van der Waals surface area contributed by atoms with Gasteiger partial charge >= 0.3 is 0 Å². The molecule has 0 fully saturated rings. The summed E-state index contributed by atoms with van der Waals surface area (Å²) in [6.45, 7) is 0. The molecule has 0 bridgehead atoms. The smallest absolute Gasteiger partial charge is 0.101 e. The summed E-state index contributed by atoms with van der Waals surface area (Å²) >= 11 is 7.55. The SMILES string of the molecule is N#Cc1ccc(Sc2ccc(N)cc2)cc1Cl. The molecule has 0 saturated heterocycles. The molecule has 0 heterocycles. The highest BCUT2D eigenvalue weighted by molar-refractivity contribution is 7.99. The van der Waals surface area contributed by atoms with Gasteiger partial charge in [-0.05, 0) is 42.5 Å². The van der Waals surface area contributed by atoms with E-state index in [0.717, 1.165) is 15.5 Å². The summed E-state index contributed by atoms with van der Waals surface area (Å²) in [5.41, 5.74) is 6.85. The molecule has 0 atom stereocenters. The number of rotatable bonds is 2. The first kappa shape index (κ1) is 11.8. The minimum Gasteiger partial charge on any atom is -0.399 e. The van der Waals surface area contributed by atoms with Gasteiger partial charge in [-0.1, -0.05) is 23.4 Å². The van der Waals surface area contributed by atoms with E-state index in [4.69, 9.17) is 22.6 Å². The quantitative estimate of drug-likeness (QED) is 0.832. The van der Waals surface area contributed by atoms with E-state index in [1.165, 1.54) is 0 Å². The van der Waals surface area contributed by atoms with Crippen LogP contribution in [0.5, 0.6) is 0 Å². The van der Waals surface area contributed by atoms with Crippen LogP contribution in [0.2, 0.25) is 5.02 Å². The summed E-state index contributed by atoms with van der Waals surface area (Å²) in [6.07, 6.45) is 0.